The van der Waals surface area contributed by atoms with Gasteiger partial charge in [0.05, 0.1) is 50.9 Å². The number of nitrogens with one attached hydrogen (secondary N) is 1. The summed E-state index contributed by atoms with van der Waals surface area (Å²) in [6.45, 7) is 1.35. The van der Waals surface area contributed by atoms with Gasteiger partial charge in [-0.15, -0.1) is 0 Å². The lowest BCUT2D eigenvalue weighted by atomic mass is 9.80. The first-order valence-corrected chi connectivity index (χ1v) is 17.3. The standard InChI is InChI=1S/C36H40N4O13/c1-47-21-4-3-17-19-14-49-23-9-22-16(18(12-40-11-15-6-8-39-20(15)13-40)26(23)28(19)52-29(17)30(21)48-2)5-7-36(46)33(45)27(44)31(53-35(36)50-22)32(34(37)38)51-25(43)10-24(41)42/h3-4,6,8-9,11,19,27-28,31-35,44-46H,5,7,10,12-14,37-38H2,1-2H3,(H,41,42). The van der Waals surface area contributed by atoms with Gasteiger partial charge < -0.3 is 69.8 Å². The number of carboxylic acid groups (broad SMARTS) is 1. The fraction of sp³-hybridized carbons (Fsp3) is 0.472. The lowest BCUT2D eigenvalue weighted by Crippen LogP contribution is -3.05. The van der Waals surface area contributed by atoms with E-state index in [2.05, 4.69) is 11.2 Å². The summed E-state index contributed by atoms with van der Waals surface area (Å²) in [5.41, 5.74) is 14.8. The van der Waals surface area contributed by atoms with Crippen LogP contribution in [-0.4, -0.2) is 103 Å². The number of carbonyl (C=O) groups excluding carboxylic acids is 2. The predicted molar refractivity (Wildman–Crippen MR) is 178 cm³/mol. The van der Waals surface area contributed by atoms with Crippen LogP contribution in [-0.2, 0) is 32.0 Å². The second-order valence-corrected chi connectivity index (χ2v) is 14.0. The molecule has 2 aromatic carbocycles. The van der Waals surface area contributed by atoms with Gasteiger partial charge >= 0.3 is 5.97 Å². The third-order valence-corrected chi connectivity index (χ3v) is 10.9. The van der Waals surface area contributed by atoms with E-state index >= 15 is 0 Å². The summed E-state index contributed by atoms with van der Waals surface area (Å²) in [5, 5.41) is 45.7. The summed E-state index contributed by atoms with van der Waals surface area (Å²) in [6, 6.07) is 5.47. The van der Waals surface area contributed by atoms with E-state index in [-0.39, 0.29) is 25.4 Å². The smallest absolute Gasteiger partial charge is 0.311 e. The van der Waals surface area contributed by atoms with E-state index in [1.807, 2.05) is 18.2 Å². The van der Waals surface area contributed by atoms with Gasteiger partial charge in [0.2, 0.25) is 12.0 Å². The van der Waals surface area contributed by atoms with Crippen LogP contribution in [0.5, 0.6) is 28.7 Å². The van der Waals surface area contributed by atoms with Crippen LogP contribution in [0.4, 0.5) is 0 Å². The Morgan fingerprint density at radius 1 is 1.17 bits per heavy atom. The highest BCUT2D eigenvalue weighted by molar-refractivity contribution is 6.06. The topological polar surface area (TPSA) is 251 Å². The maximum Gasteiger partial charge on any atom is 0.311 e. The quantitative estimate of drug-likeness (QED) is 0.0875. The fourth-order valence-electron chi connectivity index (χ4n) is 8.30. The molecule has 8 rings (SSSR count). The van der Waals surface area contributed by atoms with Crippen LogP contribution in [0.25, 0.3) is 0 Å². The summed E-state index contributed by atoms with van der Waals surface area (Å²) in [4.78, 5) is 28.9. The molecule has 9 unspecified atom stereocenters. The molecule has 0 radical (unpaired) electrons. The number of methoxy groups -OCH3 is 2. The molecule has 0 bridgehead atoms. The number of aliphatic hydroxyl groups excluding tert-OH is 2. The average molecular weight is 737 g/mol. The molecule has 53 heavy (non-hydrogen) atoms. The zero-order chi connectivity index (χ0) is 37.3. The average Bonchev–Trinajstić information content (AvgIpc) is 3.81. The van der Waals surface area contributed by atoms with E-state index in [9.17, 15) is 30.0 Å². The molecule has 0 spiro atoms. The number of hydrogen-bond donors (Lipinski definition) is 6. The number of hydrogen-bond acceptors (Lipinski definition) is 16. The number of quaternary nitrogens is 1. The number of nitrogens with two attached hydrogens (primary N) is 2. The number of aliphatic carboxylic acids is 1. The molecule has 0 aromatic heterocycles. The van der Waals surface area contributed by atoms with E-state index in [0.717, 1.165) is 32.9 Å². The first-order valence-electron chi connectivity index (χ1n) is 17.3. The Hall–Kier alpha value is -4.75. The van der Waals surface area contributed by atoms with Crippen LogP contribution in [0.3, 0.4) is 0 Å². The third-order valence-electron chi connectivity index (χ3n) is 10.9. The Kier molecular flexibility index (Phi) is 8.84. The number of aliphatic hydroxyl groups is 3. The molecule has 17 heteroatoms. The van der Waals surface area contributed by atoms with E-state index in [1.54, 1.807) is 26.5 Å². The first kappa shape index (κ1) is 35.3. The number of nitrogens with zero attached hydrogens (tertiary/aromatic N) is 1. The summed E-state index contributed by atoms with van der Waals surface area (Å²) in [6.07, 6.45) is -5.86. The van der Waals surface area contributed by atoms with Crippen LogP contribution in [0, 0.1) is 0 Å². The first-order chi connectivity index (χ1) is 25.4. The van der Waals surface area contributed by atoms with Crippen LogP contribution < -0.4 is 45.2 Å². The van der Waals surface area contributed by atoms with Gasteiger partial charge in [-0.05, 0) is 25.0 Å². The van der Waals surface area contributed by atoms with Crippen LogP contribution in [0.15, 0.2) is 47.2 Å². The van der Waals surface area contributed by atoms with Gasteiger partial charge in [-0.2, -0.15) is 0 Å². The van der Waals surface area contributed by atoms with Gasteiger partial charge in [-0.1, -0.05) is 6.07 Å². The van der Waals surface area contributed by atoms with E-state index in [0.29, 0.717) is 47.4 Å². The highest BCUT2D eigenvalue weighted by Gasteiger charge is 2.60. The molecule has 1 fully saturated rings. The minimum atomic E-state index is -2.17. The number of aliphatic imine (C=N–C) groups is 1. The van der Waals surface area contributed by atoms with Crippen molar-refractivity contribution in [2.24, 2.45) is 16.5 Å². The zero-order valence-electron chi connectivity index (χ0n) is 28.9. The van der Waals surface area contributed by atoms with Crippen LogP contribution >= 0.6 is 0 Å². The van der Waals surface area contributed by atoms with Crippen molar-refractivity contribution in [1.82, 2.24) is 0 Å². The summed E-state index contributed by atoms with van der Waals surface area (Å²) < 4.78 is 42.1. The van der Waals surface area contributed by atoms with Crippen molar-refractivity contribution < 1.29 is 68.1 Å². The molecule has 6 aliphatic heterocycles. The Balaban J connectivity index is 1.19. The minimum Gasteiger partial charge on any atom is -0.550 e. The molecule has 282 valence electrons. The number of esters is 1. The number of allylic oxidation sites excluding steroid dienone is 1. The number of benzene rings is 2. The molecule has 6 aliphatic rings. The van der Waals surface area contributed by atoms with Crippen molar-refractivity contribution >= 4 is 17.7 Å². The van der Waals surface area contributed by atoms with Crippen molar-refractivity contribution in [3.8, 4) is 28.7 Å². The third kappa shape index (κ3) is 5.79. The lowest BCUT2D eigenvalue weighted by Gasteiger charge is -2.48. The van der Waals surface area contributed by atoms with Gasteiger partial charge in [-0.25, -0.2) is 0 Å². The molecular weight excluding hydrogens is 696 g/mol. The van der Waals surface area contributed by atoms with Crippen molar-refractivity contribution in [2.45, 2.75) is 80.3 Å². The molecule has 6 heterocycles. The van der Waals surface area contributed by atoms with Crippen molar-refractivity contribution in [1.29, 1.82) is 0 Å². The van der Waals surface area contributed by atoms with Crippen molar-refractivity contribution in [3.05, 3.63) is 64.5 Å². The fourth-order valence-corrected chi connectivity index (χ4v) is 8.30. The monoisotopic (exact) mass is 736 g/mol. The maximum atomic E-state index is 12.3. The predicted octanol–water partition coefficient (Wildman–Crippen LogP) is -2.64. The molecule has 17 nitrogen and oxygen atoms in total. The SMILES string of the molecule is COc1ccc2c(c1OC)OC1c3c(cc4c(c3C[NH+]3C=C5C=CN=C5C3)CCC3(O)C(O4)OC(C(OC(=O)CC(=O)[O-])C(N)N)C(O)C3O)OCC21. The van der Waals surface area contributed by atoms with Crippen molar-refractivity contribution in [3.63, 3.8) is 0 Å². The van der Waals surface area contributed by atoms with Crippen molar-refractivity contribution in [2.75, 3.05) is 27.4 Å². The number of rotatable bonds is 9. The molecule has 1 saturated heterocycles. The molecule has 9 atom stereocenters. The van der Waals surface area contributed by atoms with Gasteiger partial charge in [0.25, 0.3) is 0 Å². The van der Waals surface area contributed by atoms with E-state index in [4.69, 9.17) is 44.6 Å². The maximum absolute atomic E-state index is 12.3. The van der Waals surface area contributed by atoms with Gasteiger partial charge in [0.15, 0.2) is 23.2 Å². The number of carbonyl (C=O) groups is 2. The minimum absolute atomic E-state index is 0.127. The molecule has 0 saturated carbocycles. The van der Waals surface area contributed by atoms with Gasteiger partial charge in [0.1, 0.15) is 60.9 Å². The molecule has 0 aliphatic carbocycles. The lowest BCUT2D eigenvalue weighted by molar-refractivity contribution is -0.848. The molecular formula is C36H40N4O13. The number of ether oxygens (including phenoxy) is 7. The van der Waals surface area contributed by atoms with E-state index < -0.39 is 66.9 Å². The number of fused-ring (bicyclic) bond motifs is 8. The highest BCUT2D eigenvalue weighted by Crippen LogP contribution is 2.58. The normalized spacial score (nSPS) is 30.8. The molecule has 8 N–H and O–H groups in total. The van der Waals surface area contributed by atoms with Gasteiger partial charge in [-0.3, -0.25) is 14.7 Å². The van der Waals surface area contributed by atoms with Gasteiger partial charge in [0, 0.05) is 34.5 Å². The Labute approximate surface area is 302 Å². The Bertz CT molecular complexity index is 1950. The Morgan fingerprint density at radius 3 is 2.70 bits per heavy atom. The summed E-state index contributed by atoms with van der Waals surface area (Å²) in [7, 11) is 3.11. The highest BCUT2D eigenvalue weighted by atomic mass is 16.7. The largest absolute Gasteiger partial charge is 0.550 e. The molecule has 2 aromatic rings. The molecule has 0 amide bonds. The van der Waals surface area contributed by atoms with Crippen LogP contribution in [0.1, 0.15) is 47.1 Å². The summed E-state index contributed by atoms with van der Waals surface area (Å²) in [5.74, 6) is -0.815. The second kappa shape index (κ2) is 13.3. The van der Waals surface area contributed by atoms with E-state index in [1.165, 1.54) is 0 Å². The Morgan fingerprint density at radius 2 is 1.98 bits per heavy atom. The second-order valence-electron chi connectivity index (χ2n) is 14.0. The van der Waals surface area contributed by atoms with Crippen LogP contribution in [0.2, 0.25) is 0 Å². The zero-order valence-corrected chi connectivity index (χ0v) is 28.9. The number of carboxylic acids is 1. The summed E-state index contributed by atoms with van der Waals surface area (Å²) >= 11 is 0.